The molecule has 4 aromatic heterocycles. The zero-order valence-electron chi connectivity index (χ0n) is 14.5. The highest BCUT2D eigenvalue weighted by molar-refractivity contribution is 7.15. The predicted octanol–water partition coefficient (Wildman–Crippen LogP) is 3.20. The summed E-state index contributed by atoms with van der Waals surface area (Å²) in [5, 5.41) is 17.3. The van der Waals surface area contributed by atoms with Crippen LogP contribution in [-0.4, -0.2) is 30.9 Å². The van der Waals surface area contributed by atoms with Gasteiger partial charge in [0.25, 0.3) is 5.91 Å². The molecule has 1 N–H and O–H groups in total. The Bertz CT molecular complexity index is 1100. The molecular weight excluding hydrogens is 352 g/mol. The van der Waals surface area contributed by atoms with Crippen molar-refractivity contribution < 1.29 is 9.21 Å². The molecule has 132 valence electrons. The number of aromatic nitrogens is 5. The average molecular weight is 368 g/mol. The summed E-state index contributed by atoms with van der Waals surface area (Å²) in [7, 11) is 1.80. The van der Waals surface area contributed by atoms with E-state index in [1.54, 1.807) is 36.2 Å². The maximum absolute atomic E-state index is 12.9. The van der Waals surface area contributed by atoms with Gasteiger partial charge in [-0.1, -0.05) is 18.3 Å². The largest absolute Gasteiger partial charge is 0.463 e. The molecule has 0 fully saturated rings. The Hall–Kier alpha value is -3.07. The average Bonchev–Trinajstić information content (AvgIpc) is 3.36. The van der Waals surface area contributed by atoms with E-state index in [2.05, 4.69) is 25.6 Å². The third-order valence-electron chi connectivity index (χ3n) is 3.98. The summed E-state index contributed by atoms with van der Waals surface area (Å²) in [5.74, 6) is 0.309. The van der Waals surface area contributed by atoms with Crippen LogP contribution in [0.2, 0.25) is 0 Å². The molecule has 0 atom stereocenters. The molecule has 9 heteroatoms. The van der Waals surface area contributed by atoms with Crippen molar-refractivity contribution in [1.82, 2.24) is 25.0 Å². The van der Waals surface area contributed by atoms with Crippen LogP contribution in [0.1, 0.15) is 28.0 Å². The molecule has 4 rings (SSSR count). The summed E-state index contributed by atoms with van der Waals surface area (Å²) in [6, 6.07) is 5.30. The summed E-state index contributed by atoms with van der Waals surface area (Å²) in [6.07, 6.45) is 2.35. The number of hydrogen-bond donors (Lipinski definition) is 1. The molecule has 0 bridgehead atoms. The van der Waals surface area contributed by atoms with Crippen molar-refractivity contribution in [3.63, 3.8) is 0 Å². The Morgan fingerprint density at radius 1 is 1.38 bits per heavy atom. The van der Waals surface area contributed by atoms with Gasteiger partial charge in [0.2, 0.25) is 5.13 Å². The minimum atomic E-state index is -0.278. The van der Waals surface area contributed by atoms with E-state index in [-0.39, 0.29) is 5.91 Å². The maximum atomic E-state index is 12.9. The lowest BCUT2D eigenvalue weighted by atomic mass is 10.1. The van der Waals surface area contributed by atoms with Crippen molar-refractivity contribution >= 4 is 33.4 Å². The van der Waals surface area contributed by atoms with Gasteiger partial charge in [-0.3, -0.25) is 14.8 Å². The Balaban J connectivity index is 1.82. The van der Waals surface area contributed by atoms with Crippen molar-refractivity contribution in [2.75, 3.05) is 5.32 Å². The molecule has 26 heavy (non-hydrogen) atoms. The normalized spacial score (nSPS) is 11.2. The van der Waals surface area contributed by atoms with E-state index < -0.39 is 0 Å². The van der Waals surface area contributed by atoms with Crippen molar-refractivity contribution in [3.05, 3.63) is 40.7 Å². The van der Waals surface area contributed by atoms with Gasteiger partial charge in [-0.2, -0.15) is 5.10 Å². The Kier molecular flexibility index (Phi) is 4.00. The fourth-order valence-electron chi connectivity index (χ4n) is 2.79. The van der Waals surface area contributed by atoms with Crippen LogP contribution < -0.4 is 5.32 Å². The monoisotopic (exact) mass is 368 g/mol. The molecule has 0 radical (unpaired) electrons. The second-order valence-corrected chi connectivity index (χ2v) is 6.81. The van der Waals surface area contributed by atoms with E-state index in [1.807, 2.05) is 13.8 Å². The van der Waals surface area contributed by atoms with Crippen LogP contribution in [-0.2, 0) is 13.5 Å². The Morgan fingerprint density at radius 2 is 2.23 bits per heavy atom. The van der Waals surface area contributed by atoms with Crippen LogP contribution in [0, 0.1) is 6.92 Å². The molecule has 8 nitrogen and oxygen atoms in total. The van der Waals surface area contributed by atoms with Crippen molar-refractivity contribution in [1.29, 1.82) is 0 Å². The quantitative estimate of drug-likeness (QED) is 0.594. The second-order valence-electron chi connectivity index (χ2n) is 5.75. The molecule has 0 aliphatic rings. The van der Waals surface area contributed by atoms with Crippen LogP contribution >= 0.6 is 11.3 Å². The van der Waals surface area contributed by atoms with Crippen LogP contribution in [0.4, 0.5) is 5.13 Å². The smallest absolute Gasteiger partial charge is 0.258 e. The number of rotatable bonds is 4. The van der Waals surface area contributed by atoms with Crippen molar-refractivity contribution in [2.45, 2.75) is 20.3 Å². The molecular formula is C17H16N6O2S. The summed E-state index contributed by atoms with van der Waals surface area (Å²) < 4.78 is 7.10. The van der Waals surface area contributed by atoms with Gasteiger partial charge in [-0.05, 0) is 31.5 Å². The lowest BCUT2D eigenvalue weighted by molar-refractivity contribution is 0.102. The van der Waals surface area contributed by atoms with Crippen LogP contribution in [0.5, 0.6) is 0 Å². The van der Waals surface area contributed by atoms with Gasteiger partial charge < -0.3 is 4.42 Å². The Labute approximate surface area is 152 Å². The van der Waals surface area contributed by atoms with E-state index in [9.17, 15) is 4.79 Å². The third kappa shape index (κ3) is 2.76. The van der Waals surface area contributed by atoms with Crippen molar-refractivity contribution in [2.24, 2.45) is 7.05 Å². The highest BCUT2D eigenvalue weighted by Crippen LogP contribution is 2.28. The molecule has 0 aliphatic carbocycles. The number of pyridine rings is 1. The van der Waals surface area contributed by atoms with Crippen LogP contribution in [0.25, 0.3) is 22.5 Å². The van der Waals surface area contributed by atoms with Gasteiger partial charge in [0.15, 0.2) is 11.4 Å². The van der Waals surface area contributed by atoms with E-state index in [0.29, 0.717) is 33.2 Å². The van der Waals surface area contributed by atoms with Gasteiger partial charge >= 0.3 is 0 Å². The topological polar surface area (TPSA) is 98.7 Å². The SMILES string of the molecule is CCc1nnc(NC(=O)c2cc(-c3ccco3)nc3c2c(C)nn3C)s1. The Morgan fingerprint density at radius 3 is 2.92 bits per heavy atom. The maximum Gasteiger partial charge on any atom is 0.258 e. The van der Waals surface area contributed by atoms with E-state index in [1.165, 1.54) is 11.3 Å². The van der Waals surface area contributed by atoms with Crippen LogP contribution in [0.3, 0.4) is 0 Å². The lowest BCUT2D eigenvalue weighted by Gasteiger charge is -2.06. The number of fused-ring (bicyclic) bond motifs is 1. The first-order valence-electron chi connectivity index (χ1n) is 8.08. The number of amides is 1. The van der Waals surface area contributed by atoms with E-state index in [0.717, 1.165) is 17.1 Å². The number of nitrogens with zero attached hydrogens (tertiary/aromatic N) is 5. The standard InChI is InChI=1S/C17H16N6O2S/c1-4-13-20-21-17(26-13)19-16(24)10-8-11(12-6-5-7-25-12)18-15-14(10)9(2)22-23(15)3/h5-8H,4H2,1-3H3,(H,19,21,24). The summed E-state index contributed by atoms with van der Waals surface area (Å²) in [6.45, 7) is 3.85. The molecule has 0 aliphatic heterocycles. The number of carbonyl (C=O) groups is 1. The fraction of sp³-hybridized carbons (Fsp3) is 0.235. The zero-order chi connectivity index (χ0) is 18.3. The van der Waals surface area contributed by atoms with E-state index in [4.69, 9.17) is 4.42 Å². The highest BCUT2D eigenvalue weighted by atomic mass is 32.1. The first-order valence-corrected chi connectivity index (χ1v) is 8.90. The molecule has 1 amide bonds. The predicted molar refractivity (Wildman–Crippen MR) is 98.2 cm³/mol. The number of hydrogen-bond acceptors (Lipinski definition) is 7. The molecule has 4 aromatic rings. The first kappa shape index (κ1) is 16.4. The number of anilines is 1. The van der Waals surface area contributed by atoms with Gasteiger partial charge in [-0.15, -0.1) is 10.2 Å². The fourth-order valence-corrected chi connectivity index (χ4v) is 3.46. The van der Waals surface area contributed by atoms with Crippen molar-refractivity contribution in [3.8, 4) is 11.5 Å². The molecule has 0 unspecified atom stereocenters. The minimum absolute atomic E-state index is 0.278. The molecule has 0 aromatic carbocycles. The van der Waals surface area contributed by atoms with E-state index >= 15 is 0 Å². The summed E-state index contributed by atoms with van der Waals surface area (Å²) in [5.41, 5.74) is 2.40. The molecule has 0 saturated heterocycles. The number of furan rings is 1. The number of aryl methyl sites for hydroxylation is 3. The summed E-state index contributed by atoms with van der Waals surface area (Å²) in [4.78, 5) is 17.5. The summed E-state index contributed by atoms with van der Waals surface area (Å²) >= 11 is 1.36. The minimum Gasteiger partial charge on any atom is -0.463 e. The number of nitrogens with one attached hydrogen (secondary N) is 1. The van der Waals surface area contributed by atoms with Gasteiger partial charge in [0, 0.05) is 7.05 Å². The van der Waals surface area contributed by atoms with Gasteiger partial charge in [0.05, 0.1) is 22.9 Å². The van der Waals surface area contributed by atoms with Gasteiger partial charge in [0.1, 0.15) is 10.7 Å². The lowest BCUT2D eigenvalue weighted by Crippen LogP contribution is -2.13. The molecule has 0 saturated carbocycles. The van der Waals surface area contributed by atoms with Crippen LogP contribution in [0.15, 0.2) is 28.9 Å². The first-order chi connectivity index (χ1) is 12.6. The van der Waals surface area contributed by atoms with Gasteiger partial charge in [-0.25, -0.2) is 4.98 Å². The highest BCUT2D eigenvalue weighted by Gasteiger charge is 2.21. The molecule has 0 spiro atoms. The second kappa shape index (κ2) is 6.34. The number of carbonyl (C=O) groups excluding carboxylic acids is 1. The third-order valence-corrected chi connectivity index (χ3v) is 4.96. The molecule has 4 heterocycles. The zero-order valence-corrected chi connectivity index (χ0v) is 15.3.